The van der Waals surface area contributed by atoms with Crippen LogP contribution in [-0.2, 0) is 14.3 Å². The molecule has 0 bridgehead atoms. The van der Waals surface area contributed by atoms with Crippen LogP contribution in [0.3, 0.4) is 0 Å². The van der Waals surface area contributed by atoms with Gasteiger partial charge in [0.15, 0.2) is 5.78 Å². The summed E-state index contributed by atoms with van der Waals surface area (Å²) in [5.41, 5.74) is -1.40. The number of aliphatic hydroxyl groups is 4. The molecule has 0 spiro atoms. The molecule has 194 valence electrons. The first-order valence-electron chi connectivity index (χ1n) is 13.3. The fraction of sp³-hybridized carbons (Fsp3) is 0.786. The van der Waals surface area contributed by atoms with E-state index in [-0.39, 0.29) is 54.0 Å². The van der Waals surface area contributed by atoms with Crippen LogP contribution in [0.5, 0.6) is 0 Å². The van der Waals surface area contributed by atoms with E-state index in [0.717, 1.165) is 31.3 Å². The standard InChI is InChI=1S/C28H40O7/c1-15-11-22(35-25(33)17(15)13-29)18(14-30)20-7-6-19-16-12-24(32)28(34)9-4-5-23(31)27(28,3)21(16)8-10-26(19,20)2/h4-5,16,18-22,24,29-30,32,34H,6-14H2,1-3H3/t16-,18-,19-,20+,21-,22+,24+,26-,27-,28-/m0/s1. The molecular formula is C28H40O7. The van der Waals surface area contributed by atoms with Crippen LogP contribution in [0.25, 0.3) is 0 Å². The predicted octanol–water partition coefficient (Wildman–Crippen LogP) is 2.31. The molecular weight excluding hydrogens is 448 g/mol. The van der Waals surface area contributed by atoms with E-state index in [2.05, 4.69) is 6.92 Å². The molecule has 1 aliphatic heterocycles. The highest BCUT2D eigenvalue weighted by Gasteiger charge is 2.69. The van der Waals surface area contributed by atoms with Crippen molar-refractivity contribution >= 4 is 11.8 Å². The fourth-order valence-electron chi connectivity index (χ4n) is 9.25. The van der Waals surface area contributed by atoms with E-state index < -0.39 is 29.2 Å². The normalized spacial score (nSPS) is 48.2. The second-order valence-corrected chi connectivity index (χ2v) is 12.4. The Bertz CT molecular complexity index is 970. The van der Waals surface area contributed by atoms with E-state index in [0.29, 0.717) is 24.8 Å². The molecule has 10 atom stereocenters. The third kappa shape index (κ3) is 3.30. The highest BCUT2D eigenvalue weighted by molar-refractivity contribution is 5.97. The molecule has 0 radical (unpaired) electrons. The average molecular weight is 489 g/mol. The molecule has 4 N–H and O–H groups in total. The Hall–Kier alpha value is -1.54. The molecule has 7 heteroatoms. The number of esters is 1. The van der Waals surface area contributed by atoms with Crippen molar-refractivity contribution in [1.29, 1.82) is 0 Å². The number of carbonyl (C=O) groups excluding carboxylic acids is 2. The van der Waals surface area contributed by atoms with E-state index in [4.69, 9.17) is 4.74 Å². The minimum Gasteiger partial charge on any atom is -0.458 e. The highest BCUT2D eigenvalue weighted by atomic mass is 16.5. The molecule has 0 unspecified atom stereocenters. The quantitative estimate of drug-likeness (QED) is 0.448. The van der Waals surface area contributed by atoms with Crippen molar-refractivity contribution in [2.24, 2.45) is 40.4 Å². The lowest BCUT2D eigenvalue weighted by atomic mass is 9.43. The first-order valence-corrected chi connectivity index (χ1v) is 13.3. The van der Waals surface area contributed by atoms with Crippen molar-refractivity contribution in [3.8, 4) is 0 Å². The summed E-state index contributed by atoms with van der Waals surface area (Å²) < 4.78 is 5.75. The second kappa shape index (κ2) is 8.51. The largest absolute Gasteiger partial charge is 0.458 e. The van der Waals surface area contributed by atoms with Gasteiger partial charge >= 0.3 is 5.97 Å². The van der Waals surface area contributed by atoms with Gasteiger partial charge in [0.05, 0.1) is 23.7 Å². The topological polar surface area (TPSA) is 124 Å². The zero-order valence-corrected chi connectivity index (χ0v) is 21.1. The first kappa shape index (κ1) is 25.1. The monoisotopic (exact) mass is 488 g/mol. The molecule has 4 aliphatic carbocycles. The van der Waals surface area contributed by atoms with Crippen LogP contribution in [0.1, 0.15) is 65.7 Å². The van der Waals surface area contributed by atoms with Gasteiger partial charge in [-0.1, -0.05) is 18.6 Å². The third-order valence-corrected chi connectivity index (χ3v) is 11.3. The number of hydrogen-bond acceptors (Lipinski definition) is 7. The number of cyclic esters (lactones) is 1. The van der Waals surface area contributed by atoms with Gasteiger partial charge < -0.3 is 25.2 Å². The van der Waals surface area contributed by atoms with E-state index in [9.17, 15) is 30.0 Å². The highest BCUT2D eigenvalue weighted by Crippen LogP contribution is 2.68. The number of ether oxygens (including phenoxy) is 1. The lowest BCUT2D eigenvalue weighted by Crippen LogP contribution is -2.69. The lowest BCUT2D eigenvalue weighted by Gasteiger charge is -2.63. The van der Waals surface area contributed by atoms with Gasteiger partial charge in [-0.15, -0.1) is 0 Å². The first-order chi connectivity index (χ1) is 16.5. The molecule has 1 heterocycles. The molecule has 35 heavy (non-hydrogen) atoms. The maximum Gasteiger partial charge on any atom is 0.336 e. The van der Waals surface area contributed by atoms with Crippen LogP contribution in [0, 0.1) is 40.4 Å². The zero-order chi connectivity index (χ0) is 25.3. The summed E-state index contributed by atoms with van der Waals surface area (Å²) in [7, 11) is 0. The summed E-state index contributed by atoms with van der Waals surface area (Å²) in [5.74, 6) is -0.252. The molecule has 7 nitrogen and oxygen atoms in total. The Kier molecular flexibility index (Phi) is 6.11. The SMILES string of the molecule is CC1=C(CO)C(=O)O[C@@H]([C@@H](CO)[C@H]2CC[C@H]3[C@@H]4C[C@@H](O)[C@@]5(O)CC=CC(=O)[C@]5(C)[C@H]4CC[C@]23C)C1. The molecule has 0 aromatic rings. The molecule has 0 saturated heterocycles. The Morgan fingerprint density at radius 2 is 1.89 bits per heavy atom. The van der Waals surface area contributed by atoms with E-state index >= 15 is 0 Å². The molecule has 3 fully saturated rings. The third-order valence-electron chi connectivity index (χ3n) is 11.3. The van der Waals surface area contributed by atoms with Crippen molar-refractivity contribution in [2.45, 2.75) is 83.5 Å². The van der Waals surface area contributed by atoms with Gasteiger partial charge in [-0.25, -0.2) is 4.79 Å². The maximum atomic E-state index is 13.2. The number of rotatable bonds is 4. The average Bonchev–Trinajstić information content (AvgIpc) is 3.15. The summed E-state index contributed by atoms with van der Waals surface area (Å²) >= 11 is 0. The Morgan fingerprint density at radius 1 is 1.14 bits per heavy atom. The van der Waals surface area contributed by atoms with Crippen molar-refractivity contribution in [3.05, 3.63) is 23.3 Å². The Morgan fingerprint density at radius 3 is 2.54 bits per heavy atom. The smallest absolute Gasteiger partial charge is 0.336 e. The van der Waals surface area contributed by atoms with Gasteiger partial charge in [0.2, 0.25) is 0 Å². The summed E-state index contributed by atoms with van der Waals surface area (Å²) in [6.07, 6.45) is 6.68. The van der Waals surface area contributed by atoms with Crippen LogP contribution >= 0.6 is 0 Å². The Labute approximate surface area is 207 Å². The van der Waals surface area contributed by atoms with Crippen molar-refractivity contribution in [1.82, 2.24) is 0 Å². The zero-order valence-electron chi connectivity index (χ0n) is 21.1. The van der Waals surface area contributed by atoms with Crippen molar-refractivity contribution in [3.63, 3.8) is 0 Å². The van der Waals surface area contributed by atoms with E-state index in [1.807, 2.05) is 13.8 Å². The number of carbonyl (C=O) groups is 2. The predicted molar refractivity (Wildman–Crippen MR) is 128 cm³/mol. The maximum absolute atomic E-state index is 13.2. The number of fused-ring (bicyclic) bond motifs is 5. The number of allylic oxidation sites excluding steroid dienone is 1. The van der Waals surface area contributed by atoms with Crippen LogP contribution in [0.15, 0.2) is 23.3 Å². The van der Waals surface area contributed by atoms with Crippen molar-refractivity contribution < 1.29 is 34.8 Å². The lowest BCUT2D eigenvalue weighted by molar-refractivity contribution is -0.232. The molecule has 0 amide bonds. The van der Waals surface area contributed by atoms with Gasteiger partial charge in [-0.2, -0.15) is 0 Å². The van der Waals surface area contributed by atoms with Crippen molar-refractivity contribution in [2.75, 3.05) is 13.2 Å². The van der Waals surface area contributed by atoms with Gasteiger partial charge in [0, 0.05) is 18.9 Å². The molecule has 5 aliphatic rings. The van der Waals surface area contributed by atoms with Gasteiger partial charge in [-0.3, -0.25) is 4.79 Å². The number of aliphatic hydroxyl groups excluding tert-OH is 3. The Balaban J connectivity index is 1.44. The van der Waals surface area contributed by atoms with E-state index in [1.165, 1.54) is 0 Å². The molecule has 0 aromatic carbocycles. The number of ketones is 1. The van der Waals surface area contributed by atoms with E-state index in [1.54, 1.807) is 12.2 Å². The molecule has 0 aromatic heterocycles. The molecule has 3 saturated carbocycles. The van der Waals surface area contributed by atoms with Crippen LogP contribution in [0.2, 0.25) is 0 Å². The van der Waals surface area contributed by atoms with Crippen LogP contribution in [0.4, 0.5) is 0 Å². The minimum atomic E-state index is -1.43. The van der Waals surface area contributed by atoms with Gasteiger partial charge in [-0.05, 0) is 87.5 Å². The summed E-state index contributed by atoms with van der Waals surface area (Å²) in [6, 6.07) is 0. The molecule has 5 rings (SSSR count). The minimum absolute atomic E-state index is 0.00236. The number of hydrogen-bond donors (Lipinski definition) is 4. The summed E-state index contributed by atoms with van der Waals surface area (Å²) in [5, 5.41) is 42.7. The van der Waals surface area contributed by atoms with Crippen LogP contribution in [-0.4, -0.2) is 63.2 Å². The summed E-state index contributed by atoms with van der Waals surface area (Å²) in [6.45, 7) is 5.57. The summed E-state index contributed by atoms with van der Waals surface area (Å²) in [4.78, 5) is 25.7. The van der Waals surface area contributed by atoms with Gasteiger partial charge in [0.1, 0.15) is 11.7 Å². The van der Waals surface area contributed by atoms with Gasteiger partial charge in [0.25, 0.3) is 0 Å². The second-order valence-electron chi connectivity index (χ2n) is 12.4. The fourth-order valence-corrected chi connectivity index (χ4v) is 9.25. The van der Waals surface area contributed by atoms with Crippen LogP contribution < -0.4 is 0 Å².